The number of hydrogen-bond acceptors (Lipinski definition) is 4. The highest BCUT2D eigenvalue weighted by molar-refractivity contribution is 7.21. The first-order valence-electron chi connectivity index (χ1n) is 7.48. The van der Waals surface area contributed by atoms with Crippen molar-refractivity contribution in [3.05, 3.63) is 42.5 Å². The standard InChI is InChI=1S/C17H17N3S/c1-3-7-13(8-4-1)16-18-14-9-10-15(19-17(14)21-16)20-11-5-2-6-12-20/h1,3-4,7-10H,2,5-6,11-12H2. The second-order valence-electron chi connectivity index (χ2n) is 5.43. The molecular weight excluding hydrogens is 278 g/mol. The Morgan fingerprint density at radius 2 is 1.67 bits per heavy atom. The molecular formula is C17H17N3S. The van der Waals surface area contributed by atoms with Crippen molar-refractivity contribution in [1.29, 1.82) is 0 Å². The fourth-order valence-electron chi connectivity index (χ4n) is 2.81. The number of fused-ring (bicyclic) bond motifs is 1. The fourth-order valence-corrected chi connectivity index (χ4v) is 3.75. The SMILES string of the molecule is c1ccc(-c2nc3ccc(N4CCCCC4)nc3s2)cc1. The van der Waals surface area contributed by atoms with Gasteiger partial charge in [0.05, 0.1) is 0 Å². The molecule has 0 unspecified atom stereocenters. The lowest BCUT2D eigenvalue weighted by molar-refractivity contribution is 0.574. The van der Waals surface area contributed by atoms with Gasteiger partial charge in [-0.25, -0.2) is 9.97 Å². The van der Waals surface area contributed by atoms with Gasteiger partial charge in [0.25, 0.3) is 0 Å². The van der Waals surface area contributed by atoms with Crippen molar-refractivity contribution in [3.63, 3.8) is 0 Å². The normalized spacial score (nSPS) is 15.5. The first kappa shape index (κ1) is 12.8. The number of piperidine rings is 1. The average molecular weight is 295 g/mol. The van der Waals surface area contributed by atoms with E-state index in [4.69, 9.17) is 9.97 Å². The van der Waals surface area contributed by atoms with Gasteiger partial charge >= 0.3 is 0 Å². The Kier molecular flexibility index (Phi) is 3.31. The number of rotatable bonds is 2. The molecule has 1 saturated heterocycles. The molecule has 1 fully saturated rings. The van der Waals surface area contributed by atoms with E-state index in [2.05, 4.69) is 29.2 Å². The predicted octanol–water partition coefficient (Wildman–Crippen LogP) is 4.35. The molecule has 0 aliphatic carbocycles. The van der Waals surface area contributed by atoms with Crippen LogP contribution in [0.2, 0.25) is 0 Å². The number of hydrogen-bond donors (Lipinski definition) is 0. The third-order valence-electron chi connectivity index (χ3n) is 3.94. The molecule has 1 aliphatic rings. The van der Waals surface area contributed by atoms with E-state index in [1.54, 1.807) is 11.3 Å². The summed E-state index contributed by atoms with van der Waals surface area (Å²) < 4.78 is 0. The Hall–Kier alpha value is -1.94. The maximum absolute atomic E-state index is 4.83. The van der Waals surface area contributed by atoms with E-state index in [1.807, 2.05) is 18.2 Å². The molecule has 0 spiro atoms. The summed E-state index contributed by atoms with van der Waals surface area (Å²) in [5.41, 5.74) is 2.17. The third kappa shape index (κ3) is 2.51. The van der Waals surface area contributed by atoms with Crippen molar-refractivity contribution in [1.82, 2.24) is 9.97 Å². The largest absolute Gasteiger partial charge is 0.357 e. The maximum atomic E-state index is 4.83. The van der Waals surface area contributed by atoms with Crippen LogP contribution in [-0.2, 0) is 0 Å². The van der Waals surface area contributed by atoms with Crippen molar-refractivity contribution < 1.29 is 0 Å². The Bertz CT molecular complexity index is 745. The van der Waals surface area contributed by atoms with Crippen LogP contribution >= 0.6 is 11.3 Å². The zero-order chi connectivity index (χ0) is 14.1. The number of benzene rings is 1. The molecule has 0 saturated carbocycles. The van der Waals surface area contributed by atoms with E-state index in [0.29, 0.717) is 0 Å². The van der Waals surface area contributed by atoms with E-state index >= 15 is 0 Å². The summed E-state index contributed by atoms with van der Waals surface area (Å²) in [5, 5.41) is 1.05. The summed E-state index contributed by atoms with van der Waals surface area (Å²) >= 11 is 1.68. The van der Waals surface area contributed by atoms with Crippen molar-refractivity contribution in [2.24, 2.45) is 0 Å². The van der Waals surface area contributed by atoms with Gasteiger partial charge in [0.1, 0.15) is 21.2 Å². The number of thiazole rings is 1. The average Bonchev–Trinajstić information content (AvgIpc) is 2.99. The summed E-state index contributed by atoms with van der Waals surface area (Å²) in [6.07, 6.45) is 3.90. The minimum Gasteiger partial charge on any atom is -0.357 e. The Morgan fingerprint density at radius 1 is 0.857 bits per heavy atom. The molecule has 0 atom stereocenters. The lowest BCUT2D eigenvalue weighted by Crippen LogP contribution is -2.29. The Morgan fingerprint density at radius 3 is 2.48 bits per heavy atom. The molecule has 4 heteroatoms. The van der Waals surface area contributed by atoms with E-state index in [-0.39, 0.29) is 0 Å². The van der Waals surface area contributed by atoms with Crippen LogP contribution in [0.4, 0.5) is 5.82 Å². The van der Waals surface area contributed by atoms with Gasteiger partial charge in [0.15, 0.2) is 0 Å². The quantitative estimate of drug-likeness (QED) is 0.704. The van der Waals surface area contributed by atoms with Crippen molar-refractivity contribution in [3.8, 4) is 10.6 Å². The predicted molar refractivity (Wildman–Crippen MR) is 88.9 cm³/mol. The summed E-state index contributed by atoms with van der Waals surface area (Å²) in [6.45, 7) is 2.26. The lowest BCUT2D eigenvalue weighted by atomic mass is 10.1. The number of pyridine rings is 1. The molecule has 0 radical (unpaired) electrons. The number of anilines is 1. The van der Waals surface area contributed by atoms with E-state index in [0.717, 1.165) is 34.3 Å². The zero-order valence-electron chi connectivity index (χ0n) is 11.8. The van der Waals surface area contributed by atoms with E-state index in [9.17, 15) is 0 Å². The first-order chi connectivity index (χ1) is 10.4. The van der Waals surface area contributed by atoms with Crippen LogP contribution in [0, 0.1) is 0 Å². The molecule has 4 rings (SSSR count). The highest BCUT2D eigenvalue weighted by Crippen LogP contribution is 2.30. The first-order valence-corrected chi connectivity index (χ1v) is 8.30. The monoisotopic (exact) mass is 295 g/mol. The summed E-state index contributed by atoms with van der Waals surface area (Å²) in [7, 11) is 0. The van der Waals surface area contributed by atoms with Gasteiger partial charge in [-0.2, -0.15) is 0 Å². The zero-order valence-corrected chi connectivity index (χ0v) is 12.6. The number of aromatic nitrogens is 2. The lowest BCUT2D eigenvalue weighted by Gasteiger charge is -2.27. The molecule has 1 aliphatic heterocycles. The highest BCUT2D eigenvalue weighted by atomic mass is 32.1. The molecule has 0 N–H and O–H groups in total. The molecule has 1 aromatic carbocycles. The molecule has 0 bridgehead atoms. The van der Waals surface area contributed by atoms with Gasteiger partial charge in [-0.1, -0.05) is 41.7 Å². The van der Waals surface area contributed by atoms with Gasteiger partial charge in [0, 0.05) is 18.7 Å². The Balaban J connectivity index is 1.71. The van der Waals surface area contributed by atoms with E-state index in [1.165, 1.54) is 24.8 Å². The fraction of sp³-hybridized carbons (Fsp3) is 0.294. The van der Waals surface area contributed by atoms with Crippen molar-refractivity contribution in [2.75, 3.05) is 18.0 Å². The Labute approximate surface area is 128 Å². The topological polar surface area (TPSA) is 29.0 Å². The van der Waals surface area contributed by atoms with Crippen LogP contribution in [0.5, 0.6) is 0 Å². The minimum absolute atomic E-state index is 1.000. The molecule has 2 aromatic heterocycles. The smallest absolute Gasteiger partial charge is 0.146 e. The van der Waals surface area contributed by atoms with Crippen LogP contribution in [0.25, 0.3) is 20.9 Å². The molecule has 3 heterocycles. The molecule has 106 valence electrons. The van der Waals surface area contributed by atoms with Gasteiger partial charge in [-0.15, -0.1) is 0 Å². The van der Waals surface area contributed by atoms with Gasteiger partial charge in [0.2, 0.25) is 0 Å². The van der Waals surface area contributed by atoms with Crippen LogP contribution in [0.3, 0.4) is 0 Å². The van der Waals surface area contributed by atoms with Gasteiger partial charge < -0.3 is 4.90 Å². The molecule has 3 aromatic rings. The summed E-state index contributed by atoms with van der Waals surface area (Å²) in [4.78, 5) is 13.0. The van der Waals surface area contributed by atoms with Gasteiger partial charge in [-0.05, 0) is 31.4 Å². The second-order valence-corrected chi connectivity index (χ2v) is 6.40. The van der Waals surface area contributed by atoms with Crippen molar-refractivity contribution in [2.45, 2.75) is 19.3 Å². The minimum atomic E-state index is 1.000. The maximum Gasteiger partial charge on any atom is 0.146 e. The van der Waals surface area contributed by atoms with E-state index < -0.39 is 0 Å². The molecule has 0 amide bonds. The third-order valence-corrected chi connectivity index (χ3v) is 4.96. The van der Waals surface area contributed by atoms with Crippen LogP contribution in [-0.4, -0.2) is 23.1 Å². The van der Waals surface area contributed by atoms with Gasteiger partial charge in [-0.3, -0.25) is 0 Å². The van der Waals surface area contributed by atoms with Crippen LogP contribution in [0.1, 0.15) is 19.3 Å². The molecule has 3 nitrogen and oxygen atoms in total. The van der Waals surface area contributed by atoms with Crippen LogP contribution in [0.15, 0.2) is 42.5 Å². The highest BCUT2D eigenvalue weighted by Gasteiger charge is 2.14. The van der Waals surface area contributed by atoms with Crippen LogP contribution < -0.4 is 4.90 Å². The summed E-state index contributed by atoms with van der Waals surface area (Å²) in [6, 6.07) is 14.6. The number of nitrogens with zero attached hydrogens (tertiary/aromatic N) is 3. The molecule has 21 heavy (non-hydrogen) atoms. The van der Waals surface area contributed by atoms with Crippen molar-refractivity contribution >= 4 is 27.5 Å². The summed E-state index contributed by atoms with van der Waals surface area (Å²) in [5.74, 6) is 1.10. The second kappa shape index (κ2) is 5.45.